The number of hydrogen-bond donors (Lipinski definition) is 2. The average molecular weight is 612 g/mol. The molecular weight excluding hydrogens is 582 g/mol. The largest absolute Gasteiger partial charge is 0.481 e. The Kier molecular flexibility index (Phi) is 8.63. The number of alkyl halides is 1. The number of carbonyl (C=O) groups is 2. The van der Waals surface area contributed by atoms with Gasteiger partial charge in [-0.05, 0) is 31.0 Å². The molecule has 204 valence electrons. The van der Waals surface area contributed by atoms with Crippen LogP contribution in [-0.2, 0) is 14.3 Å². The maximum atomic E-state index is 15.2. The van der Waals surface area contributed by atoms with Crippen molar-refractivity contribution in [3.8, 4) is 0 Å². The van der Waals surface area contributed by atoms with Crippen molar-refractivity contribution in [1.29, 1.82) is 0 Å². The van der Waals surface area contributed by atoms with E-state index in [9.17, 15) is 19.1 Å². The third kappa shape index (κ3) is 5.81. The van der Waals surface area contributed by atoms with E-state index in [4.69, 9.17) is 9.73 Å². The summed E-state index contributed by atoms with van der Waals surface area (Å²) in [6.45, 7) is 5.61. The van der Waals surface area contributed by atoms with Gasteiger partial charge in [0.2, 0.25) is 0 Å². The Labute approximate surface area is 231 Å². The lowest BCUT2D eigenvalue weighted by Gasteiger charge is -2.35. The molecule has 2 aliphatic heterocycles. The van der Waals surface area contributed by atoms with Gasteiger partial charge in [0.1, 0.15) is 18.0 Å². The molecule has 3 unspecified atom stereocenters. The van der Waals surface area contributed by atoms with Crippen molar-refractivity contribution in [1.82, 2.24) is 15.2 Å². The number of esters is 1. The van der Waals surface area contributed by atoms with Crippen LogP contribution >= 0.6 is 27.3 Å². The fraction of sp³-hybridized carbons (Fsp3) is 0.462. The summed E-state index contributed by atoms with van der Waals surface area (Å²) < 4.78 is 35.0. The Morgan fingerprint density at radius 2 is 2.13 bits per heavy atom. The molecule has 1 saturated heterocycles. The highest BCUT2D eigenvalue weighted by Gasteiger charge is 2.49. The molecule has 12 heteroatoms. The molecule has 0 radical (unpaired) electrons. The quantitative estimate of drug-likeness (QED) is 0.390. The number of benzene rings is 1. The molecule has 1 aromatic carbocycles. The molecule has 3 atom stereocenters. The van der Waals surface area contributed by atoms with Crippen LogP contribution < -0.4 is 5.32 Å². The van der Waals surface area contributed by atoms with Crippen LogP contribution in [0.3, 0.4) is 0 Å². The molecule has 0 bridgehead atoms. The number of carbonyl (C=O) groups excluding carboxylic acids is 1. The summed E-state index contributed by atoms with van der Waals surface area (Å²) in [7, 11) is 0. The van der Waals surface area contributed by atoms with E-state index in [0.29, 0.717) is 26.6 Å². The van der Waals surface area contributed by atoms with E-state index in [-0.39, 0.29) is 44.2 Å². The topological polar surface area (TPSA) is 104 Å². The summed E-state index contributed by atoms with van der Waals surface area (Å²) in [5.74, 6) is -1.59. The second-order valence-electron chi connectivity index (χ2n) is 9.79. The van der Waals surface area contributed by atoms with Crippen molar-refractivity contribution in [3.63, 3.8) is 0 Å². The minimum Gasteiger partial charge on any atom is -0.481 e. The van der Waals surface area contributed by atoms with Gasteiger partial charge in [0.15, 0.2) is 10.8 Å². The highest BCUT2D eigenvalue weighted by Crippen LogP contribution is 2.42. The number of nitrogens with one attached hydrogen (secondary N) is 1. The third-order valence-corrected chi connectivity index (χ3v) is 8.47. The van der Waals surface area contributed by atoms with E-state index in [2.05, 4.69) is 26.2 Å². The number of aliphatic imine (C=N–C) groups is 1. The van der Waals surface area contributed by atoms with Crippen molar-refractivity contribution >= 4 is 45.0 Å². The smallest absolute Gasteiger partial charge is 0.338 e. The molecule has 8 nitrogen and oxygen atoms in total. The summed E-state index contributed by atoms with van der Waals surface area (Å²) in [4.78, 5) is 35.7. The highest BCUT2D eigenvalue weighted by atomic mass is 79.9. The third-order valence-electron chi connectivity index (χ3n) is 7.01. The fourth-order valence-corrected chi connectivity index (χ4v) is 6.16. The standard InChI is InChI=1S/C26H29BrF2N4O4S/c1-4-37-25(36)21-17(12-33-13-18(29)26(2,3)19(33)7-8-20(34)35)31-23(24-30-9-10-38-24)32-22(21)15-6-5-14(28)11-16(15)27/h5-6,9-11,18-19,22H,4,7-8,12-13H2,1-3H3,(H,31,32)(H,34,35). The second-order valence-corrected chi connectivity index (χ2v) is 11.5. The lowest BCUT2D eigenvalue weighted by molar-refractivity contribution is -0.139. The van der Waals surface area contributed by atoms with Crippen LogP contribution in [0, 0.1) is 11.2 Å². The summed E-state index contributed by atoms with van der Waals surface area (Å²) >= 11 is 4.76. The average Bonchev–Trinajstić information content (AvgIpc) is 3.44. The highest BCUT2D eigenvalue weighted by molar-refractivity contribution is 9.10. The van der Waals surface area contributed by atoms with Crippen molar-refractivity contribution in [2.45, 2.75) is 51.9 Å². The number of nitrogens with zero attached hydrogens (tertiary/aromatic N) is 3. The van der Waals surface area contributed by atoms with Gasteiger partial charge in [-0.25, -0.2) is 18.6 Å². The molecule has 1 aromatic heterocycles. The molecule has 0 spiro atoms. The summed E-state index contributed by atoms with van der Waals surface area (Å²) in [5.41, 5.74) is 0.433. The number of aliphatic carboxylic acids is 1. The Morgan fingerprint density at radius 1 is 1.37 bits per heavy atom. The zero-order chi connectivity index (χ0) is 27.6. The van der Waals surface area contributed by atoms with Crippen LogP contribution in [0.2, 0.25) is 0 Å². The van der Waals surface area contributed by atoms with Gasteiger partial charge in [-0.1, -0.05) is 35.8 Å². The zero-order valence-electron chi connectivity index (χ0n) is 21.2. The van der Waals surface area contributed by atoms with E-state index in [1.54, 1.807) is 38.4 Å². The number of thiazole rings is 1. The number of carboxylic acid groups (broad SMARTS) is 1. The number of ether oxygens (including phenoxy) is 1. The maximum Gasteiger partial charge on any atom is 0.338 e. The van der Waals surface area contributed by atoms with Crippen LogP contribution in [0.4, 0.5) is 8.78 Å². The normalized spacial score (nSPS) is 23.2. The van der Waals surface area contributed by atoms with Gasteiger partial charge in [-0.2, -0.15) is 0 Å². The number of amidine groups is 1. The van der Waals surface area contributed by atoms with Gasteiger partial charge >= 0.3 is 11.9 Å². The van der Waals surface area contributed by atoms with E-state index in [1.807, 2.05) is 4.90 Å². The molecule has 2 N–H and O–H groups in total. The second kappa shape index (κ2) is 11.6. The first-order valence-electron chi connectivity index (χ1n) is 12.2. The number of likely N-dealkylation sites (tertiary alicyclic amines) is 1. The van der Waals surface area contributed by atoms with Gasteiger partial charge in [0, 0.05) is 52.7 Å². The van der Waals surface area contributed by atoms with Crippen molar-refractivity contribution < 1.29 is 28.2 Å². The molecule has 2 aromatic rings. The molecule has 38 heavy (non-hydrogen) atoms. The Balaban J connectivity index is 1.82. The number of hydrogen-bond acceptors (Lipinski definition) is 8. The number of rotatable bonds is 9. The zero-order valence-corrected chi connectivity index (χ0v) is 23.6. The van der Waals surface area contributed by atoms with E-state index in [1.165, 1.54) is 23.5 Å². The predicted octanol–water partition coefficient (Wildman–Crippen LogP) is 4.87. The molecule has 0 aliphatic carbocycles. The Bertz CT molecular complexity index is 1270. The number of aromatic nitrogens is 1. The molecule has 1 fully saturated rings. The van der Waals surface area contributed by atoms with E-state index >= 15 is 4.39 Å². The summed E-state index contributed by atoms with van der Waals surface area (Å²) in [6, 6.07) is 2.92. The number of carboxylic acids is 1. The Hall–Kier alpha value is -2.70. The molecule has 0 saturated carbocycles. The minimum absolute atomic E-state index is 0.0766. The SMILES string of the molecule is CCOC(=O)C1=C(CN2CC(F)C(C)(C)C2CCC(=O)O)NC(c2nccs2)=NC1c1ccc(F)cc1Br. The first kappa shape index (κ1) is 28.3. The first-order valence-corrected chi connectivity index (χ1v) is 13.9. The lowest BCUT2D eigenvalue weighted by Crippen LogP contribution is -2.43. The molecule has 3 heterocycles. The van der Waals surface area contributed by atoms with Crippen molar-refractivity contribution in [2.24, 2.45) is 10.4 Å². The van der Waals surface area contributed by atoms with Crippen molar-refractivity contribution in [2.75, 3.05) is 19.7 Å². The van der Waals surface area contributed by atoms with Crippen LogP contribution in [0.15, 0.2) is 50.5 Å². The summed E-state index contributed by atoms with van der Waals surface area (Å²) in [5, 5.41) is 14.9. The fourth-order valence-electron chi connectivity index (χ4n) is 5.01. The van der Waals surface area contributed by atoms with Gasteiger partial charge in [0.05, 0.1) is 12.2 Å². The summed E-state index contributed by atoms with van der Waals surface area (Å²) in [6.07, 6.45) is 0.595. The van der Waals surface area contributed by atoms with Crippen LogP contribution in [0.5, 0.6) is 0 Å². The predicted molar refractivity (Wildman–Crippen MR) is 143 cm³/mol. The lowest BCUT2D eigenvalue weighted by atomic mass is 9.81. The van der Waals surface area contributed by atoms with Crippen molar-refractivity contribution in [3.05, 3.63) is 61.9 Å². The van der Waals surface area contributed by atoms with E-state index in [0.717, 1.165) is 0 Å². The monoisotopic (exact) mass is 610 g/mol. The van der Waals surface area contributed by atoms with E-state index < -0.39 is 35.4 Å². The van der Waals surface area contributed by atoms with Gasteiger partial charge in [-0.15, -0.1) is 11.3 Å². The molecular formula is C26H29BrF2N4O4S. The minimum atomic E-state index is -1.19. The Morgan fingerprint density at radius 3 is 2.76 bits per heavy atom. The van der Waals surface area contributed by atoms with Crippen LogP contribution in [0.1, 0.15) is 50.2 Å². The maximum absolute atomic E-state index is 15.2. The van der Waals surface area contributed by atoms with Gasteiger partial charge in [-0.3, -0.25) is 14.7 Å². The molecule has 2 aliphatic rings. The van der Waals surface area contributed by atoms with Gasteiger partial charge in [0.25, 0.3) is 0 Å². The first-order chi connectivity index (χ1) is 18.0. The number of halogens is 3. The molecule has 4 rings (SSSR count). The van der Waals surface area contributed by atoms with Crippen LogP contribution in [0.25, 0.3) is 0 Å². The van der Waals surface area contributed by atoms with Crippen LogP contribution in [-0.4, -0.2) is 64.7 Å². The molecule has 0 amide bonds. The van der Waals surface area contributed by atoms with Gasteiger partial charge < -0.3 is 15.2 Å².